The van der Waals surface area contributed by atoms with E-state index in [9.17, 15) is 13.6 Å². The number of nitrogens with one attached hydrogen (secondary N) is 2. The molecular weight excluding hydrogens is 328 g/mol. The van der Waals surface area contributed by atoms with E-state index < -0.39 is 6.61 Å². The fourth-order valence-corrected chi connectivity index (χ4v) is 2.47. The summed E-state index contributed by atoms with van der Waals surface area (Å²) in [5.41, 5.74) is 2.76. The number of benzene rings is 1. The van der Waals surface area contributed by atoms with Crippen molar-refractivity contribution in [1.82, 2.24) is 15.6 Å². The highest BCUT2D eigenvalue weighted by molar-refractivity contribution is 5.89. The summed E-state index contributed by atoms with van der Waals surface area (Å²) in [7, 11) is 0. The number of urea groups is 1. The molecule has 1 aromatic carbocycles. The largest absolute Gasteiger partial charge is 0.417 e. The minimum Gasteiger partial charge on any atom is -0.417 e. The maximum absolute atomic E-state index is 12.2. The van der Waals surface area contributed by atoms with Crippen LogP contribution in [0.4, 0.5) is 13.6 Å². The van der Waals surface area contributed by atoms with E-state index in [-0.39, 0.29) is 24.0 Å². The van der Waals surface area contributed by atoms with E-state index in [0.717, 1.165) is 11.1 Å². The lowest BCUT2D eigenvalue weighted by atomic mass is 10.1. The highest BCUT2D eigenvalue weighted by atomic mass is 19.3. The van der Waals surface area contributed by atoms with Gasteiger partial charge in [0, 0.05) is 12.3 Å². The number of carbonyl (C=O) groups is 1. The molecule has 0 bridgehead atoms. The van der Waals surface area contributed by atoms with E-state index in [4.69, 9.17) is 0 Å². The van der Waals surface area contributed by atoms with E-state index in [1.54, 1.807) is 13.0 Å². The number of hydrogen-bond acceptors (Lipinski definition) is 3. The normalized spacial score (nSPS) is 16.8. The molecule has 0 unspecified atom stereocenters. The van der Waals surface area contributed by atoms with Gasteiger partial charge in [-0.15, -0.1) is 0 Å². The van der Waals surface area contributed by atoms with E-state index in [1.807, 2.05) is 36.4 Å². The van der Waals surface area contributed by atoms with Crippen LogP contribution in [0.2, 0.25) is 0 Å². The average molecular weight is 345 g/mol. The molecule has 0 saturated heterocycles. The molecule has 0 aliphatic heterocycles. The van der Waals surface area contributed by atoms with Gasteiger partial charge >= 0.3 is 12.6 Å². The summed E-state index contributed by atoms with van der Waals surface area (Å²) in [4.78, 5) is 15.8. The number of rotatable bonds is 6. The zero-order valence-corrected chi connectivity index (χ0v) is 13.4. The number of nitrogens with zero attached hydrogens (tertiary/aromatic N) is 1. The Bertz CT molecular complexity index is 781. The van der Waals surface area contributed by atoms with Crippen LogP contribution in [0.3, 0.4) is 0 Å². The van der Waals surface area contributed by atoms with Gasteiger partial charge in [0.1, 0.15) is 0 Å². The van der Waals surface area contributed by atoms with Gasteiger partial charge in [-0.1, -0.05) is 36.4 Å². The second kappa shape index (κ2) is 7.29. The Kier molecular flexibility index (Phi) is 4.92. The summed E-state index contributed by atoms with van der Waals surface area (Å²) >= 11 is 0. The molecule has 130 valence electrons. The molecule has 1 aliphatic carbocycles. The molecule has 1 heterocycles. The second-order valence-corrected chi connectivity index (χ2v) is 5.61. The number of carbonyl (C=O) groups excluding carboxylic acids is 1. The molecule has 0 spiro atoms. The third-order valence-corrected chi connectivity index (χ3v) is 3.78. The summed E-state index contributed by atoms with van der Waals surface area (Å²) in [6.45, 7) is -1.19. The molecule has 7 heteroatoms. The Balaban J connectivity index is 1.52. The number of aromatic nitrogens is 1. The van der Waals surface area contributed by atoms with Crippen LogP contribution in [0.15, 0.2) is 54.7 Å². The summed E-state index contributed by atoms with van der Waals surface area (Å²) in [6.07, 6.45) is 3.32. The van der Waals surface area contributed by atoms with Crippen LogP contribution >= 0.6 is 0 Å². The molecule has 25 heavy (non-hydrogen) atoms. The van der Waals surface area contributed by atoms with E-state index in [2.05, 4.69) is 20.4 Å². The third kappa shape index (κ3) is 4.53. The van der Waals surface area contributed by atoms with Gasteiger partial charge in [-0.25, -0.2) is 9.78 Å². The molecule has 2 N–H and O–H groups in total. The van der Waals surface area contributed by atoms with Crippen molar-refractivity contribution in [2.75, 3.05) is 0 Å². The molecule has 2 aromatic rings. The first-order valence-corrected chi connectivity index (χ1v) is 7.78. The Labute approximate surface area is 143 Å². The quantitative estimate of drug-likeness (QED) is 0.842. The van der Waals surface area contributed by atoms with Gasteiger partial charge < -0.3 is 15.4 Å². The maximum atomic E-state index is 12.2. The van der Waals surface area contributed by atoms with Crippen molar-refractivity contribution in [3.63, 3.8) is 0 Å². The molecule has 2 atom stereocenters. The molecule has 5 nitrogen and oxygen atoms in total. The lowest BCUT2D eigenvalue weighted by molar-refractivity contribution is -0.0529. The van der Waals surface area contributed by atoms with Gasteiger partial charge in [0.15, 0.2) is 0 Å². The first-order valence-electron chi connectivity index (χ1n) is 7.78. The van der Waals surface area contributed by atoms with Gasteiger partial charge in [0.05, 0.1) is 12.1 Å². The van der Waals surface area contributed by atoms with E-state index >= 15 is 0 Å². The fourth-order valence-electron chi connectivity index (χ4n) is 2.47. The van der Waals surface area contributed by atoms with Crippen molar-refractivity contribution in [3.05, 3.63) is 65.9 Å². The first-order chi connectivity index (χ1) is 12.0. The zero-order chi connectivity index (χ0) is 17.8. The van der Waals surface area contributed by atoms with Crippen molar-refractivity contribution in [2.45, 2.75) is 25.6 Å². The second-order valence-electron chi connectivity index (χ2n) is 5.61. The summed E-state index contributed by atoms with van der Waals surface area (Å²) in [6, 6.07) is 12.0. The van der Waals surface area contributed by atoms with Crippen LogP contribution in [0, 0.1) is 0 Å². The third-order valence-electron chi connectivity index (χ3n) is 3.78. The number of ether oxygens (including phenoxy) is 1. The zero-order valence-electron chi connectivity index (χ0n) is 13.4. The molecule has 0 saturated carbocycles. The van der Waals surface area contributed by atoms with Crippen LogP contribution in [0.25, 0.3) is 5.57 Å². The molecule has 2 amide bonds. The van der Waals surface area contributed by atoms with Crippen LogP contribution in [-0.2, 0) is 0 Å². The van der Waals surface area contributed by atoms with Gasteiger partial charge in [-0.2, -0.15) is 8.78 Å². The molecule has 1 aliphatic rings. The lowest BCUT2D eigenvalue weighted by Gasteiger charge is -2.16. The van der Waals surface area contributed by atoms with E-state index in [1.165, 1.54) is 12.3 Å². The van der Waals surface area contributed by atoms with Gasteiger partial charge in [0.25, 0.3) is 0 Å². The maximum Gasteiger partial charge on any atom is 0.388 e. The van der Waals surface area contributed by atoms with Gasteiger partial charge in [0.2, 0.25) is 5.88 Å². The molecule has 0 fully saturated rings. The van der Waals surface area contributed by atoms with Crippen LogP contribution in [-0.4, -0.2) is 23.7 Å². The molecular formula is C18H17F2N3O2. The van der Waals surface area contributed by atoms with Crippen LogP contribution in [0.1, 0.15) is 24.1 Å². The SMILES string of the molecule is C[C@@H](NC(=O)N[C@@H]1C=C1c1ccccc1)c1ccnc(OC(F)F)c1. The predicted molar refractivity (Wildman–Crippen MR) is 89.2 cm³/mol. The van der Waals surface area contributed by atoms with Gasteiger partial charge in [-0.05, 0) is 29.7 Å². The van der Waals surface area contributed by atoms with E-state index in [0.29, 0.717) is 5.56 Å². The van der Waals surface area contributed by atoms with Crippen molar-refractivity contribution in [3.8, 4) is 5.88 Å². The smallest absolute Gasteiger partial charge is 0.388 e. The Morgan fingerprint density at radius 2 is 2.00 bits per heavy atom. The lowest BCUT2D eigenvalue weighted by Crippen LogP contribution is -2.39. The summed E-state index contributed by atoms with van der Waals surface area (Å²) in [5.74, 6) is -0.184. The molecule has 1 aromatic heterocycles. The average Bonchev–Trinajstić information content (AvgIpc) is 3.34. The van der Waals surface area contributed by atoms with Gasteiger partial charge in [-0.3, -0.25) is 0 Å². The fraction of sp³-hybridized carbons (Fsp3) is 0.222. The minimum absolute atomic E-state index is 0.0928. The minimum atomic E-state index is -2.94. The van der Waals surface area contributed by atoms with Crippen molar-refractivity contribution < 1.29 is 18.3 Å². The summed E-state index contributed by atoms with van der Waals surface area (Å²) in [5, 5.41) is 5.61. The molecule has 0 radical (unpaired) electrons. The van der Waals surface area contributed by atoms with Crippen LogP contribution < -0.4 is 15.4 Å². The van der Waals surface area contributed by atoms with Crippen LogP contribution in [0.5, 0.6) is 5.88 Å². The Morgan fingerprint density at radius 1 is 1.24 bits per heavy atom. The highest BCUT2D eigenvalue weighted by Gasteiger charge is 2.27. The predicted octanol–water partition coefficient (Wildman–Crippen LogP) is 3.51. The Morgan fingerprint density at radius 3 is 2.72 bits per heavy atom. The highest BCUT2D eigenvalue weighted by Crippen LogP contribution is 2.31. The topological polar surface area (TPSA) is 63.2 Å². The van der Waals surface area contributed by atoms with Crippen molar-refractivity contribution >= 4 is 11.6 Å². The Hall–Kier alpha value is -2.96. The van der Waals surface area contributed by atoms with Crippen molar-refractivity contribution in [1.29, 1.82) is 0 Å². The number of alkyl halides is 2. The summed E-state index contributed by atoms with van der Waals surface area (Å²) < 4.78 is 28.8. The number of amides is 2. The number of hydrogen-bond donors (Lipinski definition) is 2. The first kappa shape index (κ1) is 16.9. The number of pyridine rings is 1. The molecule has 3 rings (SSSR count). The standard InChI is InChI=1S/C18H17F2N3O2/c1-11(13-7-8-21-16(9-13)25-17(19)20)22-18(24)23-15-10-14(15)12-5-3-2-4-6-12/h2-11,15,17H,1H3,(H2,22,23,24)/t11-,15-/m1/s1. The number of halogens is 2. The van der Waals surface area contributed by atoms with Crippen molar-refractivity contribution in [2.24, 2.45) is 0 Å². The monoisotopic (exact) mass is 345 g/mol.